The maximum absolute atomic E-state index is 2.78. The molecule has 0 unspecified atom stereocenters. The van der Waals surface area contributed by atoms with Gasteiger partial charge in [-0.25, -0.2) is 0 Å². The second-order valence-electron chi connectivity index (χ2n) is 6.81. The molecule has 0 radical (unpaired) electrons. The van der Waals surface area contributed by atoms with Crippen molar-refractivity contribution in [1.29, 1.82) is 0 Å². The minimum atomic E-state index is 0.880. The molecular weight excluding hydrogens is 288 g/mol. The van der Waals surface area contributed by atoms with Gasteiger partial charge in [0, 0.05) is 43.7 Å². The average molecular weight is 319 g/mol. The van der Waals surface area contributed by atoms with Gasteiger partial charge in [-0.05, 0) is 36.8 Å². The normalized spacial score (nSPS) is 22.6. The Morgan fingerprint density at radius 3 is 2.14 bits per heavy atom. The fraction of sp³-hybridized carbons (Fsp3) is 0.684. The molecule has 1 aliphatic carbocycles. The quantitative estimate of drug-likeness (QED) is 0.605. The minimum absolute atomic E-state index is 0.880. The van der Waals surface area contributed by atoms with Crippen molar-refractivity contribution in [1.82, 2.24) is 9.80 Å². The second-order valence-corrected chi connectivity index (χ2v) is 7.69. The van der Waals surface area contributed by atoms with Crippen LogP contribution in [0, 0.1) is 0 Å². The number of rotatable bonds is 4. The van der Waals surface area contributed by atoms with E-state index in [1.165, 1.54) is 75.2 Å². The molecule has 1 aromatic rings. The second kappa shape index (κ2) is 8.37. The third-order valence-electron chi connectivity index (χ3n) is 5.31. The number of benzene rings is 1. The molecule has 22 heavy (non-hydrogen) atoms. The molecule has 2 nitrogen and oxygen atoms in total. The summed E-state index contributed by atoms with van der Waals surface area (Å²) in [6, 6.07) is 9.97. The highest BCUT2D eigenvalue weighted by Gasteiger charge is 2.24. The van der Waals surface area contributed by atoms with E-state index >= 15 is 0 Å². The Bertz CT molecular complexity index is 429. The van der Waals surface area contributed by atoms with Gasteiger partial charge in [0.25, 0.3) is 0 Å². The van der Waals surface area contributed by atoms with Crippen LogP contribution >= 0.6 is 11.8 Å². The lowest BCUT2D eigenvalue weighted by molar-refractivity contribution is 0.0851. The van der Waals surface area contributed by atoms with Crippen molar-refractivity contribution in [2.24, 2.45) is 0 Å². The van der Waals surface area contributed by atoms with Gasteiger partial charge in [0.15, 0.2) is 0 Å². The summed E-state index contributed by atoms with van der Waals surface area (Å²) in [4.78, 5) is 6.77. The van der Waals surface area contributed by atoms with Crippen LogP contribution in [0.5, 0.6) is 0 Å². The highest BCUT2D eigenvalue weighted by molar-refractivity contribution is 7.98. The molecule has 1 aliphatic heterocycles. The number of nitrogens with zero attached hydrogens (tertiary/aromatic N) is 2. The number of hydrogen-bond donors (Lipinski definition) is 0. The maximum atomic E-state index is 2.78. The summed E-state index contributed by atoms with van der Waals surface area (Å²) >= 11 is 1.82. The molecular formula is C19H30N2S. The Morgan fingerprint density at radius 2 is 1.55 bits per heavy atom. The monoisotopic (exact) mass is 318 g/mol. The Labute approximate surface area is 140 Å². The van der Waals surface area contributed by atoms with Crippen molar-refractivity contribution >= 4 is 11.8 Å². The van der Waals surface area contributed by atoms with Crippen molar-refractivity contribution in [2.75, 3.05) is 32.4 Å². The summed E-state index contributed by atoms with van der Waals surface area (Å²) in [6.07, 6.45) is 10.8. The van der Waals surface area contributed by atoms with E-state index in [9.17, 15) is 0 Å². The van der Waals surface area contributed by atoms with Gasteiger partial charge < -0.3 is 0 Å². The standard InChI is InChI=1S/C19H30N2S/c1-22-19-10-8-17(9-11-19)16-20-12-14-21(15-13-20)18-6-4-2-3-5-7-18/h8-11,18H,2-7,12-16H2,1H3. The molecule has 0 bridgehead atoms. The molecule has 2 aliphatic rings. The lowest BCUT2D eigenvalue weighted by Gasteiger charge is -2.39. The van der Waals surface area contributed by atoms with Crippen molar-refractivity contribution in [2.45, 2.75) is 56.0 Å². The Kier molecular flexibility index (Phi) is 6.22. The van der Waals surface area contributed by atoms with E-state index in [1.54, 1.807) is 0 Å². The van der Waals surface area contributed by atoms with Crippen molar-refractivity contribution < 1.29 is 0 Å². The molecule has 0 amide bonds. The van der Waals surface area contributed by atoms with Gasteiger partial charge >= 0.3 is 0 Å². The molecule has 122 valence electrons. The predicted octanol–water partition coefficient (Wildman–Crippen LogP) is 4.25. The minimum Gasteiger partial charge on any atom is -0.298 e. The van der Waals surface area contributed by atoms with E-state index < -0.39 is 0 Å². The lowest BCUT2D eigenvalue weighted by atomic mass is 10.1. The van der Waals surface area contributed by atoms with Crippen LogP contribution in [0.1, 0.15) is 44.1 Å². The van der Waals surface area contributed by atoms with Crippen LogP contribution < -0.4 is 0 Å². The maximum Gasteiger partial charge on any atom is 0.0234 e. The number of thioether (sulfide) groups is 1. The largest absolute Gasteiger partial charge is 0.298 e. The van der Waals surface area contributed by atoms with Crippen LogP contribution in [0.3, 0.4) is 0 Å². The van der Waals surface area contributed by atoms with E-state index in [2.05, 4.69) is 40.3 Å². The zero-order valence-electron chi connectivity index (χ0n) is 14.0. The van der Waals surface area contributed by atoms with Gasteiger partial charge in [0.2, 0.25) is 0 Å². The molecule has 0 spiro atoms. The molecule has 0 N–H and O–H groups in total. The van der Waals surface area contributed by atoms with E-state index in [-0.39, 0.29) is 0 Å². The summed E-state index contributed by atoms with van der Waals surface area (Å²) in [5, 5.41) is 0. The first-order valence-corrected chi connectivity index (χ1v) is 10.2. The first-order valence-electron chi connectivity index (χ1n) is 8.94. The number of piperazine rings is 1. The van der Waals surface area contributed by atoms with Crippen LogP contribution in [-0.2, 0) is 6.54 Å². The van der Waals surface area contributed by atoms with Gasteiger partial charge in [0.05, 0.1) is 0 Å². The average Bonchev–Trinajstić information content (AvgIpc) is 2.86. The van der Waals surface area contributed by atoms with Crippen LogP contribution in [-0.4, -0.2) is 48.3 Å². The predicted molar refractivity (Wildman–Crippen MR) is 96.6 cm³/mol. The summed E-state index contributed by atoms with van der Waals surface area (Å²) in [5.41, 5.74) is 1.46. The molecule has 0 atom stereocenters. The molecule has 1 aromatic carbocycles. The van der Waals surface area contributed by atoms with Crippen LogP contribution in [0.2, 0.25) is 0 Å². The first-order chi connectivity index (χ1) is 10.8. The molecule has 3 heteroatoms. The van der Waals surface area contributed by atoms with E-state index in [1.807, 2.05) is 11.8 Å². The van der Waals surface area contributed by atoms with Crippen molar-refractivity contribution in [3.63, 3.8) is 0 Å². The van der Waals surface area contributed by atoms with Gasteiger partial charge in [-0.3, -0.25) is 9.80 Å². The molecule has 1 saturated heterocycles. The summed E-state index contributed by atoms with van der Waals surface area (Å²) in [6.45, 7) is 6.13. The van der Waals surface area contributed by atoms with Crippen molar-refractivity contribution in [3.8, 4) is 0 Å². The van der Waals surface area contributed by atoms with Gasteiger partial charge in [-0.1, -0.05) is 37.8 Å². The van der Waals surface area contributed by atoms with E-state index in [0.717, 1.165) is 12.6 Å². The summed E-state index contributed by atoms with van der Waals surface area (Å²) < 4.78 is 0. The fourth-order valence-electron chi connectivity index (χ4n) is 3.90. The Balaban J connectivity index is 1.46. The lowest BCUT2D eigenvalue weighted by Crippen LogP contribution is -2.49. The summed E-state index contributed by atoms with van der Waals surface area (Å²) in [7, 11) is 0. The zero-order valence-corrected chi connectivity index (χ0v) is 14.8. The highest BCUT2D eigenvalue weighted by atomic mass is 32.2. The Morgan fingerprint density at radius 1 is 0.909 bits per heavy atom. The SMILES string of the molecule is CSc1ccc(CN2CCN(C3CCCCCC3)CC2)cc1. The molecule has 0 aromatic heterocycles. The van der Waals surface area contributed by atoms with Gasteiger partial charge in [0.1, 0.15) is 0 Å². The fourth-order valence-corrected chi connectivity index (χ4v) is 4.31. The third-order valence-corrected chi connectivity index (χ3v) is 6.06. The van der Waals surface area contributed by atoms with E-state index in [0.29, 0.717) is 0 Å². The van der Waals surface area contributed by atoms with Gasteiger partial charge in [-0.2, -0.15) is 0 Å². The van der Waals surface area contributed by atoms with Crippen LogP contribution in [0.15, 0.2) is 29.2 Å². The van der Waals surface area contributed by atoms with Crippen LogP contribution in [0.4, 0.5) is 0 Å². The van der Waals surface area contributed by atoms with Crippen LogP contribution in [0.25, 0.3) is 0 Å². The summed E-state index contributed by atoms with van der Waals surface area (Å²) in [5.74, 6) is 0. The van der Waals surface area contributed by atoms with E-state index in [4.69, 9.17) is 0 Å². The molecule has 1 heterocycles. The topological polar surface area (TPSA) is 6.48 Å². The molecule has 3 rings (SSSR count). The number of hydrogen-bond acceptors (Lipinski definition) is 3. The highest BCUT2D eigenvalue weighted by Crippen LogP contribution is 2.23. The van der Waals surface area contributed by atoms with Crippen molar-refractivity contribution in [3.05, 3.63) is 29.8 Å². The Hall–Kier alpha value is -0.510. The van der Waals surface area contributed by atoms with Gasteiger partial charge in [-0.15, -0.1) is 11.8 Å². The molecule has 2 fully saturated rings. The first kappa shape index (κ1) is 16.4. The zero-order chi connectivity index (χ0) is 15.2. The smallest absolute Gasteiger partial charge is 0.0234 e. The molecule has 1 saturated carbocycles. The third kappa shape index (κ3) is 4.50.